The number of unbranched alkanes of at least 4 members (excludes halogenated alkanes) is 1. The number of hydrogen-bond donors (Lipinski definition) is 1. The molecule has 0 bridgehead atoms. The van der Waals surface area contributed by atoms with Crippen molar-refractivity contribution in [2.24, 2.45) is 0 Å². The maximum atomic E-state index is 12.2. The number of nitrogens with zero attached hydrogens (tertiary/aromatic N) is 1. The van der Waals surface area contributed by atoms with Crippen molar-refractivity contribution in [1.82, 2.24) is 10.2 Å². The molecule has 0 fully saturated rings. The highest BCUT2D eigenvalue weighted by Crippen LogP contribution is 2.22. The molecule has 0 saturated carbocycles. The summed E-state index contributed by atoms with van der Waals surface area (Å²) in [4.78, 5) is 49.2. The number of nitrogens with one attached hydrogen (secondary N) is 1. The highest BCUT2D eigenvalue weighted by Gasteiger charge is 2.34. The van der Waals surface area contributed by atoms with Crippen molar-refractivity contribution in [1.29, 1.82) is 0 Å². The van der Waals surface area contributed by atoms with E-state index in [2.05, 4.69) is 5.32 Å². The van der Waals surface area contributed by atoms with Crippen LogP contribution in [-0.4, -0.2) is 48.3 Å². The van der Waals surface area contributed by atoms with E-state index in [0.717, 1.165) is 0 Å². The van der Waals surface area contributed by atoms with Crippen molar-refractivity contribution in [2.45, 2.75) is 25.7 Å². The third kappa shape index (κ3) is 5.29. The number of benzene rings is 1. The second kappa shape index (κ2) is 9.97. The molecule has 0 unspecified atom stereocenters. The molecule has 0 radical (unpaired) electrons. The van der Waals surface area contributed by atoms with E-state index < -0.39 is 0 Å². The summed E-state index contributed by atoms with van der Waals surface area (Å²) in [5.74, 6) is -1.01. The van der Waals surface area contributed by atoms with Gasteiger partial charge in [-0.25, -0.2) is 0 Å². The molecule has 3 rings (SSSR count). The van der Waals surface area contributed by atoms with E-state index in [0.29, 0.717) is 49.0 Å². The van der Waals surface area contributed by atoms with Gasteiger partial charge in [-0.1, -0.05) is 12.1 Å². The fourth-order valence-corrected chi connectivity index (χ4v) is 3.64. The second-order valence-corrected chi connectivity index (χ2v) is 7.39. The van der Waals surface area contributed by atoms with Gasteiger partial charge in [-0.05, 0) is 42.8 Å². The van der Waals surface area contributed by atoms with E-state index in [1.54, 1.807) is 35.7 Å². The summed E-state index contributed by atoms with van der Waals surface area (Å²) >= 11 is 1.45. The van der Waals surface area contributed by atoms with Crippen LogP contribution in [0.1, 0.15) is 56.8 Å². The van der Waals surface area contributed by atoms with Crippen molar-refractivity contribution in [3.05, 3.63) is 57.8 Å². The molecule has 1 N–H and O–H groups in total. The van der Waals surface area contributed by atoms with Gasteiger partial charge in [-0.3, -0.25) is 24.1 Å². The van der Waals surface area contributed by atoms with Gasteiger partial charge < -0.3 is 10.1 Å². The molecular weight excluding hydrogens is 392 g/mol. The molecule has 0 saturated heterocycles. The average Bonchev–Trinajstić information content (AvgIpc) is 3.34. The van der Waals surface area contributed by atoms with Crippen molar-refractivity contribution < 1.29 is 23.9 Å². The number of hydrogen-bond acceptors (Lipinski definition) is 6. The summed E-state index contributed by atoms with van der Waals surface area (Å²) in [6.07, 6.45) is 1.86. The van der Waals surface area contributed by atoms with E-state index in [1.165, 1.54) is 16.2 Å². The molecule has 2 heterocycles. The third-order valence-corrected chi connectivity index (χ3v) is 5.23. The van der Waals surface area contributed by atoms with Gasteiger partial charge in [0, 0.05) is 30.5 Å². The Morgan fingerprint density at radius 1 is 1.00 bits per heavy atom. The first-order valence-corrected chi connectivity index (χ1v) is 10.4. The number of ether oxygens (including phenoxy) is 1. The van der Waals surface area contributed by atoms with E-state index in [-0.39, 0.29) is 36.7 Å². The highest BCUT2D eigenvalue weighted by atomic mass is 32.1. The molecule has 29 heavy (non-hydrogen) atoms. The Labute approximate surface area is 172 Å². The second-order valence-electron chi connectivity index (χ2n) is 6.61. The van der Waals surface area contributed by atoms with Crippen LogP contribution in [-0.2, 0) is 9.53 Å². The maximum Gasteiger partial charge on any atom is 0.305 e. The fraction of sp³-hybridized carbons (Fsp3) is 0.333. The molecule has 1 aromatic heterocycles. The number of carbonyl (C=O) groups excluding carboxylic acids is 4. The Balaban J connectivity index is 1.25. The van der Waals surface area contributed by atoms with Gasteiger partial charge in [0.15, 0.2) is 0 Å². The molecule has 0 spiro atoms. The molecule has 8 heteroatoms. The number of amides is 3. The van der Waals surface area contributed by atoms with Crippen LogP contribution >= 0.6 is 11.3 Å². The van der Waals surface area contributed by atoms with Gasteiger partial charge in [-0.15, -0.1) is 0 Å². The molecule has 1 aliphatic heterocycles. The number of fused-ring (bicyclic) bond motifs is 1. The predicted octanol–water partition coefficient (Wildman–Crippen LogP) is 2.88. The molecule has 3 amide bonds. The zero-order valence-corrected chi connectivity index (χ0v) is 16.7. The van der Waals surface area contributed by atoms with Gasteiger partial charge in [-0.2, -0.15) is 11.3 Å². The molecule has 2 aromatic rings. The molecule has 152 valence electrons. The summed E-state index contributed by atoms with van der Waals surface area (Å²) in [5, 5.41) is 6.36. The quantitative estimate of drug-likeness (QED) is 0.367. The van der Waals surface area contributed by atoms with Crippen molar-refractivity contribution in [3.8, 4) is 0 Å². The van der Waals surface area contributed by atoms with Gasteiger partial charge in [0.05, 0.1) is 17.7 Å². The largest absolute Gasteiger partial charge is 0.466 e. The number of rotatable bonds is 10. The van der Waals surface area contributed by atoms with Gasteiger partial charge in [0.1, 0.15) is 0 Å². The molecule has 0 aliphatic carbocycles. The summed E-state index contributed by atoms with van der Waals surface area (Å²) in [6, 6.07) is 8.53. The van der Waals surface area contributed by atoms with Crippen LogP contribution in [0, 0.1) is 0 Å². The SMILES string of the molecule is O=C(CCCNC(=O)c1ccsc1)OCCCCN1C(=O)c2ccccc2C1=O. The van der Waals surface area contributed by atoms with Crippen molar-refractivity contribution in [3.63, 3.8) is 0 Å². The summed E-state index contributed by atoms with van der Waals surface area (Å²) in [5.41, 5.74) is 1.50. The van der Waals surface area contributed by atoms with Crippen LogP contribution in [0.5, 0.6) is 0 Å². The zero-order valence-electron chi connectivity index (χ0n) is 15.9. The monoisotopic (exact) mass is 414 g/mol. The van der Waals surface area contributed by atoms with Crippen molar-refractivity contribution >= 4 is 35.0 Å². The summed E-state index contributed by atoms with van der Waals surface area (Å²) in [7, 11) is 0. The normalized spacial score (nSPS) is 12.8. The first kappa shape index (κ1) is 20.7. The number of thiophene rings is 1. The molecule has 1 aromatic carbocycles. The highest BCUT2D eigenvalue weighted by molar-refractivity contribution is 7.08. The lowest BCUT2D eigenvalue weighted by Gasteiger charge is -2.13. The molecule has 7 nitrogen and oxygen atoms in total. The lowest BCUT2D eigenvalue weighted by molar-refractivity contribution is -0.143. The Morgan fingerprint density at radius 2 is 1.72 bits per heavy atom. The predicted molar refractivity (Wildman–Crippen MR) is 108 cm³/mol. The van der Waals surface area contributed by atoms with Gasteiger partial charge in [0.25, 0.3) is 17.7 Å². The van der Waals surface area contributed by atoms with Crippen LogP contribution in [0.2, 0.25) is 0 Å². The van der Waals surface area contributed by atoms with Crippen LogP contribution in [0.15, 0.2) is 41.1 Å². The molecular formula is C21H22N2O5S. The Kier molecular flexibility index (Phi) is 7.13. The number of esters is 1. The number of imide groups is 1. The fourth-order valence-electron chi connectivity index (χ4n) is 3.00. The van der Waals surface area contributed by atoms with E-state index in [1.807, 2.05) is 5.38 Å². The number of carbonyl (C=O) groups is 4. The molecule has 0 atom stereocenters. The van der Waals surface area contributed by atoms with Crippen LogP contribution in [0.4, 0.5) is 0 Å². The maximum absolute atomic E-state index is 12.2. The zero-order chi connectivity index (χ0) is 20.6. The Bertz CT molecular complexity index is 859. The summed E-state index contributed by atoms with van der Waals surface area (Å²) < 4.78 is 5.16. The Hall–Kier alpha value is -3.00. The minimum Gasteiger partial charge on any atom is -0.466 e. The van der Waals surface area contributed by atoms with Crippen LogP contribution < -0.4 is 5.32 Å². The first-order chi connectivity index (χ1) is 14.1. The smallest absolute Gasteiger partial charge is 0.305 e. The van der Waals surface area contributed by atoms with E-state index in [9.17, 15) is 19.2 Å². The summed E-state index contributed by atoms with van der Waals surface area (Å²) in [6.45, 7) is 0.950. The van der Waals surface area contributed by atoms with Crippen LogP contribution in [0.25, 0.3) is 0 Å². The lowest BCUT2D eigenvalue weighted by atomic mass is 10.1. The van der Waals surface area contributed by atoms with Crippen molar-refractivity contribution in [2.75, 3.05) is 19.7 Å². The minimum atomic E-state index is -0.324. The Morgan fingerprint density at radius 3 is 2.38 bits per heavy atom. The molecule has 1 aliphatic rings. The van der Waals surface area contributed by atoms with Crippen LogP contribution in [0.3, 0.4) is 0 Å². The van der Waals surface area contributed by atoms with E-state index >= 15 is 0 Å². The minimum absolute atomic E-state index is 0.146. The van der Waals surface area contributed by atoms with E-state index in [4.69, 9.17) is 4.74 Å². The standard InChI is InChI=1S/C21H22N2O5S/c24-18(8-5-10-22-19(25)15-9-13-29-14-15)28-12-4-3-11-23-20(26)16-6-1-2-7-17(16)21(23)27/h1-2,6-7,9,13-14H,3-5,8,10-12H2,(H,22,25). The third-order valence-electron chi connectivity index (χ3n) is 4.54. The lowest BCUT2D eigenvalue weighted by Crippen LogP contribution is -2.30. The average molecular weight is 414 g/mol. The topological polar surface area (TPSA) is 92.8 Å². The first-order valence-electron chi connectivity index (χ1n) is 9.49. The van der Waals surface area contributed by atoms with Gasteiger partial charge >= 0.3 is 5.97 Å². The van der Waals surface area contributed by atoms with Gasteiger partial charge in [0.2, 0.25) is 0 Å².